The Morgan fingerprint density at radius 3 is 1.28 bits per heavy atom. The number of amides is 3. The molecule has 19 nitrogen and oxygen atoms in total. The molecule has 0 bridgehead atoms. The van der Waals surface area contributed by atoms with Crippen LogP contribution in [0.4, 0.5) is 0 Å². The number of carbonyl (C=O) groups excluding carboxylic acids is 3. The molecule has 0 aromatic heterocycles. The molecule has 0 aliphatic carbocycles. The molecule has 344 valence electrons. The number of nitrogens with one attached hydrogen (secondary N) is 3. The van der Waals surface area contributed by atoms with Gasteiger partial charge in [-0.05, 0) is 26.2 Å². The summed E-state index contributed by atoms with van der Waals surface area (Å²) in [4.78, 5) is 37.1. The molecule has 0 aromatic rings. The molecular formula is C39H77N3O16. The molecule has 4 N–H and O–H groups in total. The first-order valence-corrected chi connectivity index (χ1v) is 20.6. The standard InChI is InChI=1S/C39H77N3O16/c1-34(2)5-11-47-17-21-53-27-28-57-33-39(46)42-36(31-55-12-6-37(44)40-8-14-48-18-22-51-24-20-50-16-10-43)32-56-13-7-38(45)41-9-15-49-19-23-52-25-26-54-29-30-58-35(3)4/h34-36,43H,5-33H2,1-4H3,(H,40,44)(H,41,45)(H,42,46). The van der Waals surface area contributed by atoms with Gasteiger partial charge >= 0.3 is 0 Å². The molecule has 3 amide bonds. The predicted molar refractivity (Wildman–Crippen MR) is 214 cm³/mol. The maximum atomic E-state index is 12.6. The number of carbonyl (C=O) groups is 3. The Morgan fingerprint density at radius 2 is 0.845 bits per heavy atom. The minimum absolute atomic E-state index is 0.0226. The van der Waals surface area contributed by atoms with Crippen molar-refractivity contribution in [2.24, 2.45) is 5.92 Å². The van der Waals surface area contributed by atoms with Crippen LogP contribution in [0.2, 0.25) is 0 Å². The van der Waals surface area contributed by atoms with Gasteiger partial charge in [0.2, 0.25) is 17.7 Å². The van der Waals surface area contributed by atoms with Crippen molar-refractivity contribution in [1.29, 1.82) is 0 Å². The van der Waals surface area contributed by atoms with E-state index in [-0.39, 0.29) is 89.5 Å². The fourth-order valence-electron chi connectivity index (χ4n) is 4.30. The zero-order valence-corrected chi connectivity index (χ0v) is 35.8. The molecular weight excluding hydrogens is 766 g/mol. The van der Waals surface area contributed by atoms with Gasteiger partial charge in [-0.2, -0.15) is 0 Å². The quantitative estimate of drug-likeness (QED) is 0.0599. The van der Waals surface area contributed by atoms with Gasteiger partial charge < -0.3 is 77.9 Å². The van der Waals surface area contributed by atoms with E-state index < -0.39 is 6.04 Å². The zero-order chi connectivity index (χ0) is 42.6. The van der Waals surface area contributed by atoms with Gasteiger partial charge in [-0.15, -0.1) is 0 Å². The third-order valence-corrected chi connectivity index (χ3v) is 7.31. The Labute approximate surface area is 346 Å². The summed E-state index contributed by atoms with van der Waals surface area (Å²) in [5, 5.41) is 17.0. The van der Waals surface area contributed by atoms with Gasteiger partial charge in [-0.25, -0.2) is 0 Å². The van der Waals surface area contributed by atoms with E-state index in [1.54, 1.807) is 0 Å². The van der Waals surface area contributed by atoms with Crippen LogP contribution in [0, 0.1) is 5.92 Å². The lowest BCUT2D eigenvalue weighted by Crippen LogP contribution is -2.43. The smallest absolute Gasteiger partial charge is 0.246 e. The molecule has 0 fully saturated rings. The minimum atomic E-state index is -0.542. The maximum absolute atomic E-state index is 12.6. The summed E-state index contributed by atoms with van der Waals surface area (Å²) < 4.78 is 65.4. The fourth-order valence-corrected chi connectivity index (χ4v) is 4.30. The lowest BCUT2D eigenvalue weighted by molar-refractivity contribution is -0.129. The zero-order valence-electron chi connectivity index (χ0n) is 35.8. The average molecular weight is 844 g/mol. The van der Waals surface area contributed by atoms with Gasteiger partial charge in [0, 0.05) is 32.5 Å². The van der Waals surface area contributed by atoms with E-state index in [1.807, 2.05) is 13.8 Å². The number of aliphatic hydroxyl groups excluding tert-OH is 1. The van der Waals surface area contributed by atoms with E-state index in [2.05, 4.69) is 29.8 Å². The minimum Gasteiger partial charge on any atom is -0.394 e. The normalized spacial score (nSPS) is 12.1. The number of hydrogen-bond donors (Lipinski definition) is 4. The Hall–Kier alpha value is -2.11. The summed E-state index contributed by atoms with van der Waals surface area (Å²) in [5.41, 5.74) is 0. The topological polar surface area (TPSA) is 218 Å². The monoisotopic (exact) mass is 844 g/mol. The molecule has 0 saturated heterocycles. The second kappa shape index (κ2) is 44.4. The van der Waals surface area contributed by atoms with Crippen LogP contribution in [-0.4, -0.2) is 207 Å². The third kappa shape index (κ3) is 45.0. The molecule has 58 heavy (non-hydrogen) atoms. The first-order chi connectivity index (χ1) is 28.2. The highest BCUT2D eigenvalue weighted by Gasteiger charge is 2.15. The summed E-state index contributed by atoms with van der Waals surface area (Å²) in [7, 11) is 0. The lowest BCUT2D eigenvalue weighted by atomic mass is 10.1. The van der Waals surface area contributed by atoms with E-state index >= 15 is 0 Å². The largest absolute Gasteiger partial charge is 0.394 e. The molecule has 0 radical (unpaired) electrons. The van der Waals surface area contributed by atoms with Crippen molar-refractivity contribution < 1.29 is 76.3 Å². The highest BCUT2D eigenvalue weighted by atomic mass is 16.6. The van der Waals surface area contributed by atoms with E-state index in [9.17, 15) is 14.4 Å². The van der Waals surface area contributed by atoms with Gasteiger partial charge in [0.25, 0.3) is 0 Å². The number of ether oxygens (including phenoxy) is 12. The van der Waals surface area contributed by atoms with Crippen molar-refractivity contribution in [3.8, 4) is 0 Å². The van der Waals surface area contributed by atoms with Crippen molar-refractivity contribution in [3.63, 3.8) is 0 Å². The molecule has 0 saturated carbocycles. The molecule has 19 heteroatoms. The molecule has 0 aliphatic rings. The molecule has 0 spiro atoms. The van der Waals surface area contributed by atoms with Gasteiger partial charge in [-0.1, -0.05) is 13.8 Å². The molecule has 0 rings (SSSR count). The van der Waals surface area contributed by atoms with E-state index in [0.717, 1.165) is 6.42 Å². The summed E-state index contributed by atoms with van der Waals surface area (Å²) in [6, 6.07) is -0.542. The predicted octanol–water partition coefficient (Wildman–Crippen LogP) is 0.130. The fraction of sp³-hybridized carbons (Fsp3) is 0.923. The SMILES string of the molecule is CC(C)CCOCCOCCOCC(=O)NC(COCCC(=O)NCCOCCOCCOCCO)COCCC(=O)NCCOCCOCCOCCOC(C)C. The van der Waals surface area contributed by atoms with Crippen LogP contribution < -0.4 is 16.0 Å². The number of rotatable bonds is 46. The lowest BCUT2D eigenvalue weighted by Gasteiger charge is -2.19. The van der Waals surface area contributed by atoms with E-state index in [1.165, 1.54) is 0 Å². The van der Waals surface area contributed by atoms with E-state index in [0.29, 0.717) is 125 Å². The van der Waals surface area contributed by atoms with Crippen LogP contribution in [-0.2, 0) is 71.2 Å². The number of aliphatic hydroxyl groups is 1. The Morgan fingerprint density at radius 1 is 0.448 bits per heavy atom. The van der Waals surface area contributed by atoms with Crippen molar-refractivity contribution in [2.75, 3.05) is 172 Å². The Bertz CT molecular complexity index is 922. The van der Waals surface area contributed by atoms with Crippen molar-refractivity contribution >= 4 is 17.7 Å². The van der Waals surface area contributed by atoms with Crippen LogP contribution in [0.5, 0.6) is 0 Å². The summed E-state index contributed by atoms with van der Waals surface area (Å²) in [6.07, 6.45) is 1.42. The third-order valence-electron chi connectivity index (χ3n) is 7.31. The Kier molecular flexibility index (Phi) is 42.8. The Balaban J connectivity index is 4.26. The van der Waals surface area contributed by atoms with Gasteiger partial charge in [-0.3, -0.25) is 14.4 Å². The van der Waals surface area contributed by atoms with Crippen LogP contribution >= 0.6 is 0 Å². The first-order valence-electron chi connectivity index (χ1n) is 20.6. The van der Waals surface area contributed by atoms with Crippen molar-refractivity contribution in [1.82, 2.24) is 16.0 Å². The van der Waals surface area contributed by atoms with Crippen LogP contribution in [0.15, 0.2) is 0 Å². The summed E-state index contributed by atoms with van der Waals surface area (Å²) in [5.74, 6) is -0.175. The second-order valence-corrected chi connectivity index (χ2v) is 13.4. The average Bonchev–Trinajstić information content (AvgIpc) is 3.19. The van der Waals surface area contributed by atoms with Crippen molar-refractivity contribution in [2.45, 2.75) is 59.1 Å². The van der Waals surface area contributed by atoms with Gasteiger partial charge in [0.15, 0.2) is 0 Å². The van der Waals surface area contributed by atoms with Crippen molar-refractivity contribution in [3.05, 3.63) is 0 Å². The maximum Gasteiger partial charge on any atom is 0.246 e. The van der Waals surface area contributed by atoms with Gasteiger partial charge in [0.05, 0.1) is 157 Å². The van der Waals surface area contributed by atoms with Crippen LogP contribution in [0.3, 0.4) is 0 Å². The molecule has 1 unspecified atom stereocenters. The summed E-state index contributed by atoms with van der Waals surface area (Å²) in [6.45, 7) is 16.8. The highest BCUT2D eigenvalue weighted by molar-refractivity contribution is 5.77. The number of hydrogen-bond acceptors (Lipinski definition) is 16. The second-order valence-electron chi connectivity index (χ2n) is 13.4. The first kappa shape index (κ1) is 55.9. The van der Waals surface area contributed by atoms with Crippen LogP contribution in [0.25, 0.3) is 0 Å². The molecule has 0 heterocycles. The summed E-state index contributed by atoms with van der Waals surface area (Å²) >= 11 is 0. The molecule has 1 atom stereocenters. The molecule has 0 aliphatic heterocycles. The molecule has 0 aromatic carbocycles. The van der Waals surface area contributed by atoms with Crippen LogP contribution in [0.1, 0.15) is 47.0 Å². The van der Waals surface area contributed by atoms with Gasteiger partial charge in [0.1, 0.15) is 6.61 Å². The van der Waals surface area contributed by atoms with E-state index in [4.69, 9.17) is 61.9 Å². The highest BCUT2D eigenvalue weighted by Crippen LogP contribution is 1.99.